The number of aromatic amines is 1. The molecule has 2 aromatic rings. The number of nitrogens with one attached hydrogen (secondary N) is 2. The van der Waals surface area contributed by atoms with Crippen molar-refractivity contribution in [2.75, 3.05) is 11.9 Å². The summed E-state index contributed by atoms with van der Waals surface area (Å²) in [4.78, 5) is 26.5. The van der Waals surface area contributed by atoms with Crippen LogP contribution in [0, 0.1) is 0 Å². The van der Waals surface area contributed by atoms with Crippen LogP contribution >= 0.6 is 31.9 Å². The quantitative estimate of drug-likeness (QED) is 0.742. The molecule has 0 saturated heterocycles. The normalized spacial score (nSPS) is 10.2. The number of esters is 1. The van der Waals surface area contributed by atoms with Gasteiger partial charge < -0.3 is 15.0 Å². The van der Waals surface area contributed by atoms with Crippen molar-refractivity contribution in [2.45, 2.75) is 6.92 Å². The highest BCUT2D eigenvalue weighted by Crippen LogP contribution is 2.25. The summed E-state index contributed by atoms with van der Waals surface area (Å²) in [6.45, 7) is 2.06. The van der Waals surface area contributed by atoms with E-state index in [1.54, 1.807) is 37.4 Å². The Morgan fingerprint density at radius 2 is 2.05 bits per heavy atom. The maximum absolute atomic E-state index is 12.0. The number of halogens is 2. The Balaban J connectivity index is 2.14. The molecule has 1 amide bonds. The minimum Gasteiger partial charge on any atom is -0.462 e. The van der Waals surface area contributed by atoms with E-state index in [4.69, 9.17) is 4.74 Å². The molecule has 2 N–H and O–H groups in total. The molecule has 1 aromatic carbocycles. The standard InChI is InChI=1S/C14H12Br2N2O3/c1-2-21-14(20)8-3-4-11(10(16)5-8)18-13(19)12-6-9(15)7-17-12/h3-7,17H,2H2,1H3,(H,18,19). The molecule has 0 saturated carbocycles. The van der Waals surface area contributed by atoms with Crippen LogP contribution in [0.15, 0.2) is 39.4 Å². The molecule has 0 atom stereocenters. The highest BCUT2D eigenvalue weighted by molar-refractivity contribution is 9.10. The molecule has 0 spiro atoms. The van der Waals surface area contributed by atoms with Crippen molar-refractivity contribution in [3.05, 3.63) is 50.7 Å². The minimum atomic E-state index is -0.399. The van der Waals surface area contributed by atoms with Crippen molar-refractivity contribution < 1.29 is 14.3 Å². The zero-order chi connectivity index (χ0) is 15.4. The average Bonchev–Trinajstić information content (AvgIpc) is 2.88. The lowest BCUT2D eigenvalue weighted by Gasteiger charge is -2.08. The van der Waals surface area contributed by atoms with Gasteiger partial charge in [-0.2, -0.15) is 0 Å². The third-order valence-electron chi connectivity index (χ3n) is 2.62. The van der Waals surface area contributed by atoms with E-state index in [-0.39, 0.29) is 5.91 Å². The molecule has 5 nitrogen and oxygen atoms in total. The number of anilines is 1. The van der Waals surface area contributed by atoms with Gasteiger partial charge in [-0.05, 0) is 63.0 Å². The average molecular weight is 416 g/mol. The first-order chi connectivity index (χ1) is 10.0. The van der Waals surface area contributed by atoms with Crippen LogP contribution in [-0.2, 0) is 4.74 Å². The van der Waals surface area contributed by atoms with Gasteiger partial charge in [0.2, 0.25) is 0 Å². The maximum atomic E-state index is 12.0. The number of carbonyl (C=O) groups excluding carboxylic acids is 2. The fourth-order valence-electron chi connectivity index (χ4n) is 1.65. The van der Waals surface area contributed by atoms with E-state index in [2.05, 4.69) is 42.2 Å². The third kappa shape index (κ3) is 3.95. The van der Waals surface area contributed by atoms with Crippen molar-refractivity contribution in [3.63, 3.8) is 0 Å². The SMILES string of the molecule is CCOC(=O)c1ccc(NC(=O)c2cc(Br)c[nH]2)c(Br)c1. The third-order valence-corrected chi connectivity index (χ3v) is 3.73. The van der Waals surface area contributed by atoms with Gasteiger partial charge >= 0.3 is 5.97 Å². The number of benzene rings is 1. The largest absolute Gasteiger partial charge is 0.462 e. The van der Waals surface area contributed by atoms with E-state index >= 15 is 0 Å². The number of hydrogen-bond acceptors (Lipinski definition) is 3. The summed E-state index contributed by atoms with van der Waals surface area (Å²) >= 11 is 6.60. The Labute approximate surface area is 138 Å². The highest BCUT2D eigenvalue weighted by atomic mass is 79.9. The topological polar surface area (TPSA) is 71.2 Å². The molecular weight excluding hydrogens is 404 g/mol. The summed E-state index contributed by atoms with van der Waals surface area (Å²) < 4.78 is 6.32. The Morgan fingerprint density at radius 3 is 2.62 bits per heavy atom. The Bertz CT molecular complexity index is 683. The van der Waals surface area contributed by atoms with E-state index in [9.17, 15) is 9.59 Å². The highest BCUT2D eigenvalue weighted by Gasteiger charge is 2.13. The Morgan fingerprint density at radius 1 is 1.29 bits per heavy atom. The first-order valence-corrected chi connectivity index (χ1v) is 7.71. The Kier molecular flexibility index (Phi) is 5.19. The second-order valence-electron chi connectivity index (χ2n) is 4.10. The van der Waals surface area contributed by atoms with Crippen LogP contribution < -0.4 is 5.32 Å². The lowest BCUT2D eigenvalue weighted by Crippen LogP contribution is -2.13. The monoisotopic (exact) mass is 414 g/mol. The molecule has 1 heterocycles. The summed E-state index contributed by atoms with van der Waals surface area (Å²) in [6, 6.07) is 6.53. The molecule has 21 heavy (non-hydrogen) atoms. The van der Waals surface area contributed by atoms with Crippen molar-refractivity contribution >= 4 is 49.4 Å². The molecule has 0 fully saturated rings. The van der Waals surface area contributed by atoms with Gasteiger partial charge in [0.25, 0.3) is 5.91 Å². The molecular formula is C14H12Br2N2O3. The van der Waals surface area contributed by atoms with Crippen LogP contribution in [0.5, 0.6) is 0 Å². The van der Waals surface area contributed by atoms with Gasteiger partial charge in [-0.1, -0.05) is 0 Å². The lowest BCUT2D eigenvalue weighted by molar-refractivity contribution is 0.0526. The van der Waals surface area contributed by atoms with Crippen LogP contribution in [0.2, 0.25) is 0 Å². The number of carbonyl (C=O) groups is 2. The van der Waals surface area contributed by atoms with E-state index < -0.39 is 5.97 Å². The molecule has 110 valence electrons. The van der Waals surface area contributed by atoms with Gasteiger partial charge in [0.15, 0.2) is 0 Å². The summed E-state index contributed by atoms with van der Waals surface area (Å²) in [6.07, 6.45) is 1.67. The molecule has 1 aromatic heterocycles. The van der Waals surface area contributed by atoms with E-state index in [1.807, 2.05) is 0 Å². The lowest BCUT2D eigenvalue weighted by atomic mass is 10.2. The summed E-state index contributed by atoms with van der Waals surface area (Å²) in [5.74, 6) is -0.672. The zero-order valence-electron chi connectivity index (χ0n) is 11.1. The number of rotatable bonds is 4. The number of amides is 1. The molecule has 7 heteroatoms. The van der Waals surface area contributed by atoms with E-state index in [0.29, 0.717) is 28.0 Å². The minimum absolute atomic E-state index is 0.273. The van der Waals surface area contributed by atoms with Crippen molar-refractivity contribution in [1.82, 2.24) is 4.98 Å². The molecule has 0 unspecified atom stereocenters. The number of hydrogen-bond donors (Lipinski definition) is 2. The molecule has 0 aliphatic heterocycles. The van der Waals surface area contributed by atoms with Crippen LogP contribution in [0.3, 0.4) is 0 Å². The number of aromatic nitrogens is 1. The first-order valence-electron chi connectivity index (χ1n) is 6.13. The summed E-state index contributed by atoms with van der Waals surface area (Å²) in [5, 5.41) is 2.75. The van der Waals surface area contributed by atoms with Crippen molar-refractivity contribution in [1.29, 1.82) is 0 Å². The summed E-state index contributed by atoms with van der Waals surface area (Å²) in [7, 11) is 0. The van der Waals surface area contributed by atoms with Crippen molar-refractivity contribution in [2.24, 2.45) is 0 Å². The molecule has 0 bridgehead atoms. The molecule has 0 aliphatic rings. The van der Waals surface area contributed by atoms with E-state index in [0.717, 1.165) is 4.47 Å². The fraction of sp³-hybridized carbons (Fsp3) is 0.143. The predicted octanol–water partition coefficient (Wildman–Crippen LogP) is 3.97. The summed E-state index contributed by atoms with van der Waals surface area (Å²) in [5.41, 5.74) is 1.42. The maximum Gasteiger partial charge on any atom is 0.338 e. The fourth-order valence-corrected chi connectivity index (χ4v) is 2.47. The smallest absolute Gasteiger partial charge is 0.338 e. The van der Waals surface area contributed by atoms with Crippen LogP contribution in [0.4, 0.5) is 5.69 Å². The van der Waals surface area contributed by atoms with Gasteiger partial charge in [0, 0.05) is 15.1 Å². The van der Waals surface area contributed by atoms with Gasteiger partial charge in [0.1, 0.15) is 5.69 Å². The van der Waals surface area contributed by atoms with E-state index in [1.165, 1.54) is 0 Å². The molecule has 0 aliphatic carbocycles. The van der Waals surface area contributed by atoms with Crippen molar-refractivity contribution in [3.8, 4) is 0 Å². The van der Waals surface area contributed by atoms with Crippen LogP contribution in [0.1, 0.15) is 27.8 Å². The number of H-pyrrole nitrogens is 1. The van der Waals surface area contributed by atoms with Gasteiger partial charge in [-0.15, -0.1) is 0 Å². The zero-order valence-corrected chi connectivity index (χ0v) is 14.2. The second kappa shape index (κ2) is 6.91. The molecule has 0 radical (unpaired) electrons. The second-order valence-corrected chi connectivity index (χ2v) is 5.87. The van der Waals surface area contributed by atoms with Crippen LogP contribution in [-0.4, -0.2) is 23.5 Å². The number of ether oxygens (including phenoxy) is 1. The van der Waals surface area contributed by atoms with Gasteiger partial charge in [0.05, 0.1) is 17.9 Å². The van der Waals surface area contributed by atoms with Gasteiger partial charge in [-0.3, -0.25) is 4.79 Å². The van der Waals surface area contributed by atoms with Crippen LogP contribution in [0.25, 0.3) is 0 Å². The first kappa shape index (κ1) is 15.8. The Hall–Kier alpha value is -1.60. The van der Waals surface area contributed by atoms with Gasteiger partial charge in [-0.25, -0.2) is 4.79 Å². The molecule has 2 rings (SSSR count). The predicted molar refractivity (Wildman–Crippen MR) is 86.5 cm³/mol.